The quantitative estimate of drug-likeness (QED) is 0.506. The number of thioether (sulfide) groups is 1. The largest absolute Gasteiger partial charge is 0.324 e. The smallest absolute Gasteiger partial charge is 0.234 e. The first-order chi connectivity index (χ1) is 14.4. The molecule has 0 unspecified atom stereocenters. The lowest BCUT2D eigenvalue weighted by atomic mass is 9.49. The number of nitrogens with zero attached hydrogens (tertiary/aromatic N) is 3. The van der Waals surface area contributed by atoms with Crippen molar-refractivity contribution in [2.75, 3.05) is 11.1 Å². The molecule has 4 saturated carbocycles. The molecular weight excluding hydrogens is 484 g/mol. The van der Waals surface area contributed by atoms with Crippen LogP contribution >= 0.6 is 39.3 Å². The number of rotatable bonds is 6. The van der Waals surface area contributed by atoms with Crippen molar-refractivity contribution in [3.05, 3.63) is 33.5 Å². The Morgan fingerprint density at radius 3 is 2.53 bits per heavy atom. The fourth-order valence-electron chi connectivity index (χ4n) is 6.37. The van der Waals surface area contributed by atoms with Crippen LogP contribution in [-0.4, -0.2) is 26.4 Å². The van der Waals surface area contributed by atoms with Crippen molar-refractivity contribution in [1.82, 2.24) is 14.8 Å². The molecule has 0 aliphatic heterocycles. The van der Waals surface area contributed by atoms with E-state index in [2.05, 4.69) is 36.0 Å². The lowest BCUT2D eigenvalue weighted by Crippen LogP contribution is -2.47. The number of carbonyl (C=O) groups excluding carboxylic acids is 1. The van der Waals surface area contributed by atoms with E-state index in [-0.39, 0.29) is 11.7 Å². The highest BCUT2D eigenvalue weighted by Gasteiger charge is 2.51. The van der Waals surface area contributed by atoms with Crippen LogP contribution in [0, 0.1) is 23.2 Å². The SMILES string of the molecule is Cn1c(CC23CC4CC(CC(C4)C2)C3)nnc1SCC(=O)Nc1ccc(Br)cc1Cl. The van der Waals surface area contributed by atoms with Crippen molar-refractivity contribution in [2.24, 2.45) is 30.2 Å². The van der Waals surface area contributed by atoms with E-state index in [0.29, 0.717) is 16.1 Å². The molecule has 1 heterocycles. The topological polar surface area (TPSA) is 59.8 Å². The first-order valence-corrected chi connectivity index (χ1v) is 12.8. The second-order valence-corrected chi connectivity index (χ2v) is 11.8. The molecule has 1 aromatic carbocycles. The minimum atomic E-state index is -0.102. The van der Waals surface area contributed by atoms with Crippen LogP contribution in [0.3, 0.4) is 0 Å². The highest BCUT2D eigenvalue weighted by molar-refractivity contribution is 9.10. The molecule has 4 aliphatic rings. The number of amides is 1. The summed E-state index contributed by atoms with van der Waals surface area (Å²) in [6, 6.07) is 5.42. The number of hydrogen-bond donors (Lipinski definition) is 1. The predicted octanol–water partition coefficient (Wildman–Crippen LogP) is 5.72. The molecule has 5 nitrogen and oxygen atoms in total. The Labute approximate surface area is 194 Å². The van der Waals surface area contributed by atoms with Gasteiger partial charge in [0, 0.05) is 17.9 Å². The lowest BCUT2D eigenvalue weighted by Gasteiger charge is -2.56. The fraction of sp³-hybridized carbons (Fsp3) is 0.591. The molecule has 4 aliphatic carbocycles. The molecule has 1 N–H and O–H groups in total. The molecule has 4 fully saturated rings. The van der Waals surface area contributed by atoms with Gasteiger partial charge in [0.15, 0.2) is 5.16 Å². The van der Waals surface area contributed by atoms with Crippen LogP contribution in [0.15, 0.2) is 27.8 Å². The van der Waals surface area contributed by atoms with Crippen molar-refractivity contribution in [1.29, 1.82) is 0 Å². The van der Waals surface area contributed by atoms with Gasteiger partial charge in [0.1, 0.15) is 5.82 Å². The number of carbonyl (C=O) groups is 1. The van der Waals surface area contributed by atoms with E-state index in [9.17, 15) is 4.79 Å². The van der Waals surface area contributed by atoms with Crippen molar-refractivity contribution in [2.45, 2.75) is 50.1 Å². The number of aromatic nitrogens is 3. The molecule has 6 rings (SSSR count). The van der Waals surface area contributed by atoms with Gasteiger partial charge in [-0.3, -0.25) is 4.79 Å². The summed E-state index contributed by atoms with van der Waals surface area (Å²) < 4.78 is 2.97. The lowest BCUT2D eigenvalue weighted by molar-refractivity contribution is -0.113. The molecule has 4 bridgehead atoms. The van der Waals surface area contributed by atoms with Crippen molar-refractivity contribution in [3.63, 3.8) is 0 Å². The number of anilines is 1. The number of hydrogen-bond acceptors (Lipinski definition) is 4. The van der Waals surface area contributed by atoms with Gasteiger partial charge in [0.05, 0.1) is 16.5 Å². The summed E-state index contributed by atoms with van der Waals surface area (Å²) in [6.45, 7) is 0. The third-order valence-corrected chi connectivity index (χ3v) is 8.99. The maximum absolute atomic E-state index is 12.4. The van der Waals surface area contributed by atoms with Gasteiger partial charge in [0.25, 0.3) is 0 Å². The Kier molecular flexibility index (Phi) is 5.65. The Morgan fingerprint density at radius 2 is 1.90 bits per heavy atom. The van der Waals surface area contributed by atoms with E-state index < -0.39 is 0 Å². The summed E-state index contributed by atoms with van der Waals surface area (Å²) in [6.07, 6.45) is 9.49. The Hall–Kier alpha value is -1.05. The van der Waals surface area contributed by atoms with Crippen LogP contribution in [-0.2, 0) is 18.3 Å². The van der Waals surface area contributed by atoms with Crippen LogP contribution in [0.4, 0.5) is 5.69 Å². The van der Waals surface area contributed by atoms with Gasteiger partial charge in [-0.15, -0.1) is 10.2 Å². The zero-order chi connectivity index (χ0) is 20.9. The zero-order valence-corrected chi connectivity index (χ0v) is 20.2. The van der Waals surface area contributed by atoms with E-state index in [1.807, 2.05) is 13.1 Å². The molecule has 1 aromatic heterocycles. The van der Waals surface area contributed by atoms with E-state index in [4.69, 9.17) is 11.6 Å². The second-order valence-electron chi connectivity index (χ2n) is 9.51. The normalized spacial score (nSPS) is 29.4. The molecule has 1 amide bonds. The Balaban J connectivity index is 1.21. The molecule has 160 valence electrons. The van der Waals surface area contributed by atoms with Crippen LogP contribution < -0.4 is 5.32 Å². The van der Waals surface area contributed by atoms with Crippen LogP contribution in [0.1, 0.15) is 44.3 Å². The van der Waals surface area contributed by atoms with E-state index >= 15 is 0 Å². The second kappa shape index (κ2) is 8.14. The highest BCUT2D eigenvalue weighted by atomic mass is 79.9. The van der Waals surface area contributed by atoms with Crippen LogP contribution in [0.25, 0.3) is 0 Å². The first kappa shape index (κ1) is 20.8. The van der Waals surface area contributed by atoms with E-state index in [1.165, 1.54) is 50.3 Å². The van der Waals surface area contributed by atoms with Gasteiger partial charge < -0.3 is 9.88 Å². The first-order valence-electron chi connectivity index (χ1n) is 10.7. The third kappa shape index (κ3) is 4.17. The van der Waals surface area contributed by atoms with Crippen molar-refractivity contribution >= 4 is 50.9 Å². The van der Waals surface area contributed by atoms with Crippen LogP contribution in [0.5, 0.6) is 0 Å². The maximum Gasteiger partial charge on any atom is 0.234 e. The van der Waals surface area contributed by atoms with Crippen LogP contribution in [0.2, 0.25) is 5.02 Å². The molecule has 0 radical (unpaired) electrons. The summed E-state index contributed by atoms with van der Waals surface area (Å²) in [7, 11) is 2.03. The molecule has 0 saturated heterocycles. The fourth-order valence-corrected chi connectivity index (χ4v) is 7.82. The van der Waals surface area contributed by atoms with Crippen molar-refractivity contribution in [3.8, 4) is 0 Å². The molecule has 0 atom stereocenters. The van der Waals surface area contributed by atoms with Gasteiger partial charge in [-0.2, -0.15) is 0 Å². The summed E-state index contributed by atoms with van der Waals surface area (Å²) in [4.78, 5) is 12.4. The van der Waals surface area contributed by atoms with Crippen molar-refractivity contribution < 1.29 is 4.79 Å². The van der Waals surface area contributed by atoms with Gasteiger partial charge in [-0.25, -0.2) is 0 Å². The van der Waals surface area contributed by atoms with Gasteiger partial charge in [-0.1, -0.05) is 39.3 Å². The average Bonchev–Trinajstić information content (AvgIpc) is 3.00. The van der Waals surface area contributed by atoms with E-state index in [0.717, 1.165) is 39.6 Å². The summed E-state index contributed by atoms with van der Waals surface area (Å²) in [5, 5.41) is 13.1. The van der Waals surface area contributed by atoms with E-state index in [1.54, 1.807) is 12.1 Å². The Bertz CT molecular complexity index is 943. The molecular formula is C22H26BrClN4OS. The summed E-state index contributed by atoms with van der Waals surface area (Å²) in [5.41, 5.74) is 1.05. The van der Waals surface area contributed by atoms with Gasteiger partial charge >= 0.3 is 0 Å². The zero-order valence-electron chi connectivity index (χ0n) is 17.0. The predicted molar refractivity (Wildman–Crippen MR) is 124 cm³/mol. The summed E-state index contributed by atoms with van der Waals surface area (Å²) >= 11 is 11.0. The Morgan fingerprint density at radius 1 is 1.23 bits per heavy atom. The molecule has 0 spiro atoms. The molecule has 8 heteroatoms. The maximum atomic E-state index is 12.4. The van der Waals surface area contributed by atoms with Gasteiger partial charge in [-0.05, 0) is 79.9 Å². The molecule has 2 aromatic rings. The average molecular weight is 510 g/mol. The third-order valence-electron chi connectivity index (χ3n) is 7.16. The number of halogens is 2. The number of benzene rings is 1. The summed E-state index contributed by atoms with van der Waals surface area (Å²) in [5.74, 6) is 4.05. The highest BCUT2D eigenvalue weighted by Crippen LogP contribution is 2.60. The number of nitrogens with one attached hydrogen (secondary N) is 1. The molecule has 30 heavy (non-hydrogen) atoms. The minimum Gasteiger partial charge on any atom is -0.324 e. The standard InChI is InChI=1S/C22H26BrClN4OS/c1-28-19(11-22-8-13-4-14(9-22)6-15(5-13)10-22)26-27-21(28)30-12-20(29)25-18-3-2-16(23)7-17(18)24/h2-3,7,13-15H,4-6,8-12H2,1H3,(H,25,29). The van der Waals surface area contributed by atoms with Gasteiger partial charge in [0.2, 0.25) is 5.91 Å². The minimum absolute atomic E-state index is 0.102. The monoisotopic (exact) mass is 508 g/mol.